The lowest BCUT2D eigenvalue weighted by Gasteiger charge is -2.48. The largest absolute Gasteiger partial charge is 0.492 e. The van der Waals surface area contributed by atoms with Gasteiger partial charge in [-0.25, -0.2) is 0 Å². The second kappa shape index (κ2) is 7.71. The van der Waals surface area contributed by atoms with Crippen molar-refractivity contribution in [2.75, 3.05) is 31.7 Å². The molecule has 9 nitrogen and oxygen atoms in total. The Labute approximate surface area is 212 Å². The number of benzene rings is 3. The standard InChI is InChI=1S/C28H23N3O6/c32-25-19-5-1-4-8-23(19)37-16-27(25)24(17-9-11-18(12-10-17)31(34)35)22-15-36-14-13-30(22)28(27)20-6-2-3-7-21(20)29-26(28)33/h1-12,22,24H,13-16H2,(H,29,33). The maximum absolute atomic E-state index is 14.8. The summed E-state index contributed by atoms with van der Waals surface area (Å²) in [7, 11) is 0. The predicted octanol–water partition coefficient (Wildman–Crippen LogP) is 3.50. The molecular formula is C28H23N3O6. The molecule has 2 spiro atoms. The molecule has 0 saturated carbocycles. The molecule has 4 aliphatic rings. The van der Waals surface area contributed by atoms with Crippen LogP contribution in [-0.4, -0.2) is 53.9 Å². The van der Waals surface area contributed by atoms with Crippen molar-refractivity contribution in [1.29, 1.82) is 0 Å². The first-order valence-corrected chi connectivity index (χ1v) is 12.3. The summed E-state index contributed by atoms with van der Waals surface area (Å²) in [4.78, 5) is 42.2. The van der Waals surface area contributed by atoms with E-state index in [1.54, 1.807) is 30.3 Å². The van der Waals surface area contributed by atoms with E-state index in [1.165, 1.54) is 12.1 Å². The first kappa shape index (κ1) is 22.1. The van der Waals surface area contributed by atoms with E-state index in [0.717, 1.165) is 11.1 Å². The van der Waals surface area contributed by atoms with Gasteiger partial charge in [-0.1, -0.05) is 42.5 Å². The summed E-state index contributed by atoms with van der Waals surface area (Å²) in [5.74, 6) is -0.463. The summed E-state index contributed by atoms with van der Waals surface area (Å²) in [5, 5.41) is 14.4. The van der Waals surface area contributed by atoms with Crippen molar-refractivity contribution in [3.8, 4) is 5.75 Å². The number of amides is 1. The number of nitro benzene ring substituents is 1. The Morgan fingerprint density at radius 1 is 1.00 bits per heavy atom. The van der Waals surface area contributed by atoms with E-state index in [-0.39, 0.29) is 30.0 Å². The lowest BCUT2D eigenvalue weighted by molar-refractivity contribution is -0.384. The number of carbonyl (C=O) groups is 2. The molecule has 9 heteroatoms. The summed E-state index contributed by atoms with van der Waals surface area (Å²) < 4.78 is 12.3. The third kappa shape index (κ3) is 2.65. The van der Waals surface area contributed by atoms with Crippen LogP contribution in [0.1, 0.15) is 27.4 Å². The minimum Gasteiger partial charge on any atom is -0.492 e. The summed E-state index contributed by atoms with van der Waals surface area (Å²) in [6, 6.07) is 20.6. The lowest BCUT2D eigenvalue weighted by Crippen LogP contribution is -2.64. The predicted molar refractivity (Wildman–Crippen MR) is 133 cm³/mol. The number of fused-ring (bicyclic) bond motifs is 6. The number of Topliss-reactive ketones (excluding diaryl/α,β-unsaturated/α-hetero) is 1. The maximum Gasteiger partial charge on any atom is 0.269 e. The number of ether oxygens (including phenoxy) is 2. The molecule has 0 aliphatic carbocycles. The fourth-order valence-corrected chi connectivity index (χ4v) is 7.18. The number of hydrogen-bond donors (Lipinski definition) is 1. The molecule has 4 aliphatic heterocycles. The SMILES string of the molecule is O=C1c2ccccc2OCC12C(c1ccc([N+](=O)[O-])cc1)C1COCCN1C21C(=O)Nc2ccccc21. The van der Waals surface area contributed by atoms with Gasteiger partial charge in [-0.3, -0.25) is 24.6 Å². The van der Waals surface area contributed by atoms with Crippen LogP contribution in [0, 0.1) is 15.5 Å². The number of nitrogens with one attached hydrogen (secondary N) is 1. The number of non-ortho nitro benzene ring substituents is 1. The number of hydrogen-bond acceptors (Lipinski definition) is 7. The van der Waals surface area contributed by atoms with Crippen LogP contribution in [0.2, 0.25) is 0 Å². The molecule has 7 rings (SSSR count). The quantitative estimate of drug-likeness (QED) is 0.426. The van der Waals surface area contributed by atoms with Gasteiger partial charge in [-0.15, -0.1) is 0 Å². The van der Waals surface area contributed by atoms with Gasteiger partial charge in [0.2, 0.25) is 0 Å². The highest BCUT2D eigenvalue weighted by Crippen LogP contribution is 2.67. The van der Waals surface area contributed by atoms with Crippen molar-refractivity contribution >= 4 is 23.1 Å². The minimum atomic E-state index is -1.34. The van der Waals surface area contributed by atoms with E-state index in [9.17, 15) is 19.7 Å². The molecule has 186 valence electrons. The van der Waals surface area contributed by atoms with Crippen molar-refractivity contribution < 1.29 is 24.0 Å². The van der Waals surface area contributed by atoms with Gasteiger partial charge in [0.25, 0.3) is 11.6 Å². The second-order valence-electron chi connectivity index (χ2n) is 9.96. The molecule has 3 aromatic carbocycles. The molecular weight excluding hydrogens is 474 g/mol. The third-order valence-electron chi connectivity index (χ3n) is 8.51. The fraction of sp³-hybridized carbons (Fsp3) is 0.286. The van der Waals surface area contributed by atoms with Crippen LogP contribution in [0.4, 0.5) is 11.4 Å². The van der Waals surface area contributed by atoms with Crippen molar-refractivity contribution in [2.45, 2.75) is 17.5 Å². The Balaban J connectivity index is 1.55. The Morgan fingerprint density at radius 2 is 1.76 bits per heavy atom. The fourth-order valence-electron chi connectivity index (χ4n) is 7.18. The third-order valence-corrected chi connectivity index (χ3v) is 8.51. The number of carbonyl (C=O) groups excluding carboxylic acids is 2. The van der Waals surface area contributed by atoms with Crippen LogP contribution >= 0.6 is 0 Å². The molecule has 3 aromatic rings. The average Bonchev–Trinajstić information content (AvgIpc) is 3.37. The average molecular weight is 498 g/mol. The summed E-state index contributed by atoms with van der Waals surface area (Å²) in [5.41, 5.74) is -0.139. The highest BCUT2D eigenvalue weighted by Gasteiger charge is 2.78. The van der Waals surface area contributed by atoms with Crippen molar-refractivity contribution in [3.63, 3.8) is 0 Å². The van der Waals surface area contributed by atoms with Crippen molar-refractivity contribution in [1.82, 2.24) is 4.90 Å². The number of morpholine rings is 1. The number of nitrogens with zero attached hydrogens (tertiary/aromatic N) is 2. The molecule has 2 fully saturated rings. The summed E-state index contributed by atoms with van der Waals surface area (Å²) in [6.07, 6.45) is 0. The normalized spacial score (nSPS) is 29.9. The zero-order valence-corrected chi connectivity index (χ0v) is 19.8. The van der Waals surface area contributed by atoms with E-state index in [0.29, 0.717) is 36.8 Å². The summed E-state index contributed by atoms with van der Waals surface area (Å²) >= 11 is 0. The molecule has 4 heterocycles. The molecule has 0 bridgehead atoms. The number of nitro groups is 1. The van der Waals surface area contributed by atoms with Gasteiger partial charge >= 0.3 is 0 Å². The monoisotopic (exact) mass is 497 g/mol. The Bertz CT molecular complexity index is 1470. The van der Waals surface area contributed by atoms with Crippen molar-refractivity contribution in [2.24, 2.45) is 5.41 Å². The Hall–Kier alpha value is -4.08. The van der Waals surface area contributed by atoms with Crippen LogP contribution in [0.3, 0.4) is 0 Å². The highest BCUT2D eigenvalue weighted by molar-refractivity contribution is 6.15. The van der Waals surface area contributed by atoms with Crippen LogP contribution in [-0.2, 0) is 15.1 Å². The molecule has 1 amide bonds. The van der Waals surface area contributed by atoms with Gasteiger partial charge in [0.15, 0.2) is 5.78 Å². The lowest BCUT2D eigenvalue weighted by atomic mass is 9.56. The molecule has 1 N–H and O–H groups in total. The zero-order chi connectivity index (χ0) is 25.4. The molecule has 4 unspecified atom stereocenters. The van der Waals surface area contributed by atoms with E-state index in [2.05, 4.69) is 10.2 Å². The maximum atomic E-state index is 14.8. The molecule has 0 radical (unpaired) electrons. The highest BCUT2D eigenvalue weighted by atomic mass is 16.6. The van der Waals surface area contributed by atoms with Gasteiger partial charge < -0.3 is 14.8 Å². The van der Waals surface area contributed by atoms with Gasteiger partial charge in [-0.2, -0.15) is 0 Å². The first-order chi connectivity index (χ1) is 18.0. The number of ketones is 1. The topological polar surface area (TPSA) is 111 Å². The zero-order valence-electron chi connectivity index (χ0n) is 19.8. The van der Waals surface area contributed by atoms with Gasteiger partial charge in [0, 0.05) is 41.9 Å². The smallest absolute Gasteiger partial charge is 0.269 e. The molecule has 4 atom stereocenters. The van der Waals surface area contributed by atoms with Gasteiger partial charge in [0.1, 0.15) is 23.3 Å². The molecule has 0 aromatic heterocycles. The van der Waals surface area contributed by atoms with Gasteiger partial charge in [-0.05, 0) is 23.8 Å². The second-order valence-corrected chi connectivity index (χ2v) is 9.96. The summed E-state index contributed by atoms with van der Waals surface area (Å²) in [6.45, 7) is 1.17. The van der Waals surface area contributed by atoms with E-state index in [4.69, 9.17) is 9.47 Å². The number of para-hydroxylation sites is 2. The Kier molecular flexibility index (Phi) is 4.61. The molecule has 37 heavy (non-hydrogen) atoms. The van der Waals surface area contributed by atoms with E-state index >= 15 is 0 Å². The Morgan fingerprint density at radius 3 is 2.57 bits per heavy atom. The van der Waals surface area contributed by atoms with Gasteiger partial charge in [0.05, 0.1) is 23.7 Å². The van der Waals surface area contributed by atoms with Crippen LogP contribution in [0.15, 0.2) is 72.8 Å². The van der Waals surface area contributed by atoms with Crippen LogP contribution in [0.5, 0.6) is 5.75 Å². The van der Waals surface area contributed by atoms with Crippen LogP contribution < -0.4 is 10.1 Å². The van der Waals surface area contributed by atoms with Crippen molar-refractivity contribution in [3.05, 3.63) is 99.6 Å². The van der Waals surface area contributed by atoms with E-state index in [1.807, 2.05) is 30.3 Å². The first-order valence-electron chi connectivity index (χ1n) is 12.3. The van der Waals surface area contributed by atoms with E-state index < -0.39 is 21.8 Å². The number of anilines is 1. The minimum absolute atomic E-state index is 0.0146. The van der Waals surface area contributed by atoms with Crippen LogP contribution in [0.25, 0.3) is 0 Å². The molecule has 2 saturated heterocycles. The number of rotatable bonds is 2.